The summed E-state index contributed by atoms with van der Waals surface area (Å²) in [7, 11) is 0. The molecule has 1 aromatic rings. The van der Waals surface area contributed by atoms with Gasteiger partial charge in [0.15, 0.2) is 0 Å². The molecular formula is C16H18Cl2N2O4. The van der Waals surface area contributed by atoms with Gasteiger partial charge in [0.05, 0.1) is 28.3 Å². The molecule has 1 heterocycles. The van der Waals surface area contributed by atoms with E-state index in [9.17, 15) is 9.59 Å². The van der Waals surface area contributed by atoms with Crippen LogP contribution in [-0.4, -0.2) is 31.8 Å². The molecule has 0 fully saturated rings. The van der Waals surface area contributed by atoms with E-state index in [1.54, 1.807) is 25.1 Å². The second-order valence-corrected chi connectivity index (χ2v) is 5.89. The molecular weight excluding hydrogens is 355 g/mol. The first-order valence-electron chi connectivity index (χ1n) is 7.42. The van der Waals surface area contributed by atoms with Crippen molar-refractivity contribution in [2.24, 2.45) is 0 Å². The highest BCUT2D eigenvalue weighted by atomic mass is 35.5. The van der Waals surface area contributed by atoms with Crippen LogP contribution in [0.25, 0.3) is 0 Å². The van der Waals surface area contributed by atoms with Crippen LogP contribution in [0.3, 0.4) is 0 Å². The molecule has 24 heavy (non-hydrogen) atoms. The summed E-state index contributed by atoms with van der Waals surface area (Å²) < 4.78 is 10.4. The lowest BCUT2D eigenvalue weighted by Gasteiger charge is -2.28. The monoisotopic (exact) mass is 372 g/mol. The van der Waals surface area contributed by atoms with Crippen molar-refractivity contribution in [3.63, 3.8) is 0 Å². The molecule has 2 N–H and O–H groups in total. The number of ether oxygens (including phenoxy) is 2. The van der Waals surface area contributed by atoms with Gasteiger partial charge in [-0.25, -0.2) is 9.59 Å². The maximum atomic E-state index is 12.4. The summed E-state index contributed by atoms with van der Waals surface area (Å²) in [6, 6.07) is 3.84. The van der Waals surface area contributed by atoms with E-state index in [2.05, 4.69) is 10.6 Å². The number of carbonyl (C=O) groups is 2. The lowest BCUT2D eigenvalue weighted by molar-refractivity contribution is -0.141. The molecule has 0 saturated heterocycles. The quantitative estimate of drug-likeness (QED) is 0.593. The molecule has 8 heteroatoms. The predicted molar refractivity (Wildman–Crippen MR) is 91.0 cm³/mol. The summed E-state index contributed by atoms with van der Waals surface area (Å²) in [5.74, 6) is -0.532. The van der Waals surface area contributed by atoms with Gasteiger partial charge in [0.1, 0.15) is 6.61 Å². The Morgan fingerprint density at radius 2 is 2.00 bits per heavy atom. The fourth-order valence-corrected chi connectivity index (χ4v) is 2.63. The highest BCUT2D eigenvalue weighted by Gasteiger charge is 2.32. The standard InChI is InChI=1S/C16H18Cl2N2O4/c1-3-23-6-7-24-15(21)13-9(2)19-16(22)20-14(13)10-4-5-11(17)12(18)8-10/h4-5,8,14H,3,6-7H2,1-2H3,(H2,19,20,22). The molecule has 2 amide bonds. The van der Waals surface area contributed by atoms with E-state index in [1.807, 2.05) is 6.92 Å². The fraction of sp³-hybridized carbons (Fsp3) is 0.375. The number of amides is 2. The van der Waals surface area contributed by atoms with Crippen LogP contribution in [0.2, 0.25) is 10.0 Å². The summed E-state index contributed by atoms with van der Waals surface area (Å²) in [4.78, 5) is 24.2. The number of hydrogen-bond donors (Lipinski definition) is 2. The van der Waals surface area contributed by atoms with Crippen molar-refractivity contribution >= 4 is 35.2 Å². The van der Waals surface area contributed by atoms with Crippen molar-refractivity contribution in [3.05, 3.63) is 45.1 Å². The molecule has 6 nitrogen and oxygen atoms in total. The minimum Gasteiger partial charge on any atom is -0.460 e. The molecule has 0 radical (unpaired) electrons. The first kappa shape index (κ1) is 18.6. The Labute approximate surface area is 150 Å². The Bertz CT molecular complexity index is 676. The Morgan fingerprint density at radius 1 is 1.25 bits per heavy atom. The maximum absolute atomic E-state index is 12.4. The van der Waals surface area contributed by atoms with Gasteiger partial charge in [-0.2, -0.15) is 0 Å². The van der Waals surface area contributed by atoms with E-state index in [0.717, 1.165) is 0 Å². The van der Waals surface area contributed by atoms with Crippen molar-refractivity contribution in [3.8, 4) is 0 Å². The van der Waals surface area contributed by atoms with Crippen LogP contribution in [0.1, 0.15) is 25.5 Å². The number of carbonyl (C=O) groups excluding carboxylic acids is 2. The van der Waals surface area contributed by atoms with Crippen LogP contribution in [-0.2, 0) is 14.3 Å². The van der Waals surface area contributed by atoms with Crippen LogP contribution < -0.4 is 10.6 Å². The molecule has 1 aliphatic heterocycles. The number of nitrogens with one attached hydrogen (secondary N) is 2. The van der Waals surface area contributed by atoms with Crippen LogP contribution in [0.5, 0.6) is 0 Å². The van der Waals surface area contributed by atoms with Crippen LogP contribution in [0.4, 0.5) is 4.79 Å². The Kier molecular flexibility index (Phi) is 6.48. The van der Waals surface area contributed by atoms with E-state index < -0.39 is 18.0 Å². The van der Waals surface area contributed by atoms with Gasteiger partial charge in [0.2, 0.25) is 0 Å². The second-order valence-electron chi connectivity index (χ2n) is 5.08. The lowest BCUT2D eigenvalue weighted by Crippen LogP contribution is -2.45. The van der Waals surface area contributed by atoms with Gasteiger partial charge in [0.25, 0.3) is 0 Å². The van der Waals surface area contributed by atoms with Crippen LogP contribution in [0.15, 0.2) is 29.5 Å². The summed E-state index contributed by atoms with van der Waals surface area (Å²) in [6.07, 6.45) is 0. The van der Waals surface area contributed by atoms with Gasteiger partial charge in [-0.05, 0) is 31.5 Å². The molecule has 0 aliphatic carbocycles. The third kappa shape index (κ3) is 4.41. The highest BCUT2D eigenvalue weighted by molar-refractivity contribution is 6.42. The number of benzene rings is 1. The smallest absolute Gasteiger partial charge is 0.338 e. The summed E-state index contributed by atoms with van der Waals surface area (Å²) in [5.41, 5.74) is 1.37. The Morgan fingerprint density at radius 3 is 2.67 bits per heavy atom. The molecule has 0 aromatic heterocycles. The van der Waals surface area contributed by atoms with Gasteiger partial charge >= 0.3 is 12.0 Å². The molecule has 0 bridgehead atoms. The highest BCUT2D eigenvalue weighted by Crippen LogP contribution is 2.31. The molecule has 1 atom stereocenters. The predicted octanol–water partition coefficient (Wildman–Crippen LogP) is 3.20. The number of rotatable bonds is 6. The van der Waals surface area contributed by atoms with Crippen LogP contribution in [0, 0.1) is 0 Å². The lowest BCUT2D eigenvalue weighted by atomic mass is 9.95. The topological polar surface area (TPSA) is 76.7 Å². The number of halogens is 2. The van der Waals surface area contributed by atoms with E-state index in [1.165, 1.54) is 0 Å². The van der Waals surface area contributed by atoms with Gasteiger partial charge in [-0.3, -0.25) is 0 Å². The maximum Gasteiger partial charge on any atom is 0.338 e. The van der Waals surface area contributed by atoms with E-state index in [0.29, 0.717) is 40.1 Å². The van der Waals surface area contributed by atoms with Gasteiger partial charge < -0.3 is 20.1 Å². The number of hydrogen-bond acceptors (Lipinski definition) is 4. The summed E-state index contributed by atoms with van der Waals surface area (Å²) >= 11 is 12.0. The minimum absolute atomic E-state index is 0.130. The van der Waals surface area contributed by atoms with Crippen molar-refractivity contribution < 1.29 is 19.1 Å². The van der Waals surface area contributed by atoms with Crippen molar-refractivity contribution in [1.29, 1.82) is 0 Å². The van der Waals surface area contributed by atoms with Crippen LogP contribution >= 0.6 is 23.2 Å². The molecule has 1 unspecified atom stereocenters. The average Bonchev–Trinajstić information content (AvgIpc) is 2.53. The molecule has 1 aromatic carbocycles. The first-order chi connectivity index (χ1) is 11.4. The van der Waals surface area contributed by atoms with Crippen molar-refractivity contribution in [2.75, 3.05) is 19.8 Å². The molecule has 1 aliphatic rings. The molecule has 130 valence electrons. The number of urea groups is 1. The Hall–Kier alpha value is -1.76. The largest absolute Gasteiger partial charge is 0.460 e. The van der Waals surface area contributed by atoms with Crippen molar-refractivity contribution in [2.45, 2.75) is 19.9 Å². The summed E-state index contributed by atoms with van der Waals surface area (Å²) in [5, 5.41) is 6.00. The normalized spacial score (nSPS) is 17.3. The molecule has 0 saturated carbocycles. The third-order valence-electron chi connectivity index (χ3n) is 3.43. The van der Waals surface area contributed by atoms with Gasteiger partial charge in [-0.1, -0.05) is 29.3 Å². The van der Waals surface area contributed by atoms with E-state index >= 15 is 0 Å². The summed E-state index contributed by atoms with van der Waals surface area (Å²) in [6.45, 7) is 4.48. The Balaban J connectivity index is 2.26. The van der Waals surface area contributed by atoms with Gasteiger partial charge in [0, 0.05) is 12.3 Å². The second kappa shape index (κ2) is 8.37. The van der Waals surface area contributed by atoms with E-state index in [-0.39, 0.29) is 6.61 Å². The number of esters is 1. The zero-order valence-electron chi connectivity index (χ0n) is 13.3. The van der Waals surface area contributed by atoms with Crippen molar-refractivity contribution in [1.82, 2.24) is 10.6 Å². The zero-order valence-corrected chi connectivity index (χ0v) is 14.8. The molecule has 0 spiro atoms. The van der Waals surface area contributed by atoms with E-state index in [4.69, 9.17) is 32.7 Å². The number of allylic oxidation sites excluding steroid dienone is 1. The SMILES string of the molecule is CCOCCOC(=O)C1=C(C)NC(=O)NC1c1ccc(Cl)c(Cl)c1. The third-order valence-corrected chi connectivity index (χ3v) is 4.17. The molecule has 2 rings (SSSR count). The average molecular weight is 373 g/mol. The first-order valence-corrected chi connectivity index (χ1v) is 8.17. The minimum atomic E-state index is -0.673. The zero-order chi connectivity index (χ0) is 17.7. The fourth-order valence-electron chi connectivity index (χ4n) is 2.32. The van der Waals surface area contributed by atoms with Gasteiger partial charge in [-0.15, -0.1) is 0 Å².